The first-order valence-electron chi connectivity index (χ1n) is 7.36. The maximum Gasteiger partial charge on any atom is 0.355 e. The van der Waals surface area contributed by atoms with Gasteiger partial charge in [-0.3, -0.25) is 14.9 Å². The number of ether oxygens (including phenoxy) is 1. The van der Waals surface area contributed by atoms with Crippen LogP contribution in [0.3, 0.4) is 0 Å². The Morgan fingerprint density at radius 3 is 2.63 bits per heavy atom. The molecule has 1 aromatic carbocycles. The Morgan fingerprint density at radius 1 is 1.22 bits per heavy atom. The molecular formula is C16H10F3N3O4S. The highest BCUT2D eigenvalue weighted by Crippen LogP contribution is 2.30. The Balaban J connectivity index is 1.63. The zero-order chi connectivity index (χ0) is 19.7. The van der Waals surface area contributed by atoms with Crippen LogP contribution in [0.1, 0.15) is 27.8 Å². The number of nitrogens with zero attached hydrogens (tertiary/aromatic N) is 1. The molecule has 0 aliphatic rings. The summed E-state index contributed by atoms with van der Waals surface area (Å²) in [6.45, 7) is 0.638. The van der Waals surface area contributed by atoms with Crippen LogP contribution in [0.25, 0.3) is 10.2 Å². The van der Waals surface area contributed by atoms with Gasteiger partial charge in [0.05, 0.1) is 4.70 Å². The van der Waals surface area contributed by atoms with E-state index in [1.54, 1.807) is 0 Å². The van der Waals surface area contributed by atoms with E-state index >= 15 is 0 Å². The van der Waals surface area contributed by atoms with Crippen molar-refractivity contribution >= 4 is 44.3 Å². The summed E-state index contributed by atoms with van der Waals surface area (Å²) in [4.78, 5) is 41.0. The lowest BCUT2D eigenvalue weighted by Crippen LogP contribution is -2.21. The van der Waals surface area contributed by atoms with Crippen LogP contribution < -0.4 is 5.32 Å². The van der Waals surface area contributed by atoms with Crippen molar-refractivity contribution in [2.75, 3.05) is 11.9 Å². The number of amides is 1. The highest BCUT2D eigenvalue weighted by molar-refractivity contribution is 7.22. The molecule has 7 nitrogen and oxygen atoms in total. The maximum atomic E-state index is 13.6. The summed E-state index contributed by atoms with van der Waals surface area (Å²) in [5.41, 5.74) is -0.155. The molecule has 0 spiro atoms. The highest BCUT2D eigenvalue weighted by atomic mass is 32.1. The van der Waals surface area contributed by atoms with Crippen LogP contribution in [0.15, 0.2) is 18.3 Å². The number of H-pyrrole nitrogens is 1. The number of Topliss-reactive ketones (excluding diaryl/α,β-unsaturated/α-hetero) is 1. The van der Waals surface area contributed by atoms with Crippen molar-refractivity contribution in [1.82, 2.24) is 9.97 Å². The number of carbonyl (C=O) groups is 3. The van der Waals surface area contributed by atoms with Gasteiger partial charge in [0.25, 0.3) is 5.91 Å². The van der Waals surface area contributed by atoms with Crippen molar-refractivity contribution in [2.24, 2.45) is 0 Å². The van der Waals surface area contributed by atoms with E-state index < -0.39 is 41.5 Å². The molecule has 2 heterocycles. The molecule has 3 aromatic rings. The maximum absolute atomic E-state index is 13.6. The van der Waals surface area contributed by atoms with Crippen LogP contribution in [0.5, 0.6) is 0 Å². The van der Waals surface area contributed by atoms with E-state index in [2.05, 4.69) is 15.3 Å². The molecule has 0 saturated heterocycles. The summed E-state index contributed by atoms with van der Waals surface area (Å²) in [6.07, 6.45) is 1.33. The number of halogens is 3. The number of aromatic nitrogens is 2. The van der Waals surface area contributed by atoms with Gasteiger partial charge in [-0.1, -0.05) is 11.3 Å². The molecule has 27 heavy (non-hydrogen) atoms. The van der Waals surface area contributed by atoms with E-state index in [1.807, 2.05) is 0 Å². The number of rotatable bonds is 5. The fraction of sp³-hybridized carbons (Fsp3) is 0.125. The molecule has 140 valence electrons. The molecule has 2 N–H and O–H groups in total. The molecule has 0 atom stereocenters. The lowest BCUT2D eigenvalue weighted by Gasteiger charge is -2.03. The number of nitrogens with one attached hydrogen (secondary N) is 2. The molecule has 3 rings (SSSR count). The van der Waals surface area contributed by atoms with Gasteiger partial charge in [0.2, 0.25) is 0 Å². The first-order chi connectivity index (χ1) is 12.8. The van der Waals surface area contributed by atoms with Crippen molar-refractivity contribution in [3.8, 4) is 0 Å². The Hall–Kier alpha value is -3.21. The topological polar surface area (TPSA) is 101 Å². The number of carbonyl (C=O) groups excluding carboxylic acids is 3. The Morgan fingerprint density at radius 2 is 1.96 bits per heavy atom. The minimum Gasteiger partial charge on any atom is -0.451 e. The van der Waals surface area contributed by atoms with Gasteiger partial charge >= 0.3 is 5.97 Å². The van der Waals surface area contributed by atoms with Gasteiger partial charge in [-0.2, -0.15) is 0 Å². The smallest absolute Gasteiger partial charge is 0.355 e. The van der Waals surface area contributed by atoms with Crippen molar-refractivity contribution in [3.63, 3.8) is 0 Å². The molecule has 0 aliphatic heterocycles. The van der Waals surface area contributed by atoms with Crippen molar-refractivity contribution in [1.29, 1.82) is 0 Å². The third-order valence-electron chi connectivity index (χ3n) is 3.41. The number of benzene rings is 1. The Labute approximate surface area is 153 Å². The van der Waals surface area contributed by atoms with Crippen molar-refractivity contribution < 1.29 is 32.3 Å². The van der Waals surface area contributed by atoms with E-state index in [4.69, 9.17) is 4.74 Å². The van der Waals surface area contributed by atoms with Gasteiger partial charge < -0.3 is 9.72 Å². The predicted octanol–water partition coefficient (Wildman–Crippen LogP) is 3.04. The standard InChI is InChI=1S/C16H10F3N3O4S/c1-6(23)7-2-9(20-4-7)15(25)26-5-11(24)21-16-22-14-10(27-16)3-8(17)12(18)13(14)19/h2-4,20H,5H2,1H3,(H,21,22,24). The van der Waals surface area contributed by atoms with Gasteiger partial charge in [0.15, 0.2) is 35.0 Å². The summed E-state index contributed by atoms with van der Waals surface area (Å²) in [5, 5.41) is 2.13. The van der Waals surface area contributed by atoms with E-state index in [0.717, 1.165) is 17.4 Å². The zero-order valence-corrected chi connectivity index (χ0v) is 14.4. The van der Waals surface area contributed by atoms with Gasteiger partial charge in [-0.15, -0.1) is 0 Å². The fourth-order valence-electron chi connectivity index (χ4n) is 2.11. The fourth-order valence-corrected chi connectivity index (χ4v) is 3.01. The molecule has 2 aromatic heterocycles. The van der Waals surface area contributed by atoms with E-state index in [9.17, 15) is 27.6 Å². The lowest BCUT2D eigenvalue weighted by atomic mass is 10.2. The van der Waals surface area contributed by atoms with Crippen LogP contribution in [0, 0.1) is 17.5 Å². The van der Waals surface area contributed by atoms with Gasteiger partial charge in [-0.05, 0) is 19.1 Å². The first-order valence-corrected chi connectivity index (χ1v) is 8.18. The van der Waals surface area contributed by atoms with Crippen molar-refractivity contribution in [2.45, 2.75) is 6.92 Å². The number of aromatic amines is 1. The summed E-state index contributed by atoms with van der Waals surface area (Å²) >= 11 is 0.726. The number of thiazole rings is 1. The van der Waals surface area contributed by atoms with Gasteiger partial charge in [0.1, 0.15) is 11.2 Å². The van der Waals surface area contributed by atoms with Crippen LogP contribution in [0.2, 0.25) is 0 Å². The van der Waals surface area contributed by atoms with E-state index in [1.165, 1.54) is 19.2 Å². The molecular weight excluding hydrogens is 387 g/mol. The Kier molecular flexibility index (Phi) is 4.95. The number of hydrogen-bond acceptors (Lipinski definition) is 6. The average molecular weight is 397 g/mol. The summed E-state index contributed by atoms with van der Waals surface area (Å²) < 4.78 is 44.8. The molecule has 1 amide bonds. The second-order valence-electron chi connectivity index (χ2n) is 5.33. The number of esters is 1. The van der Waals surface area contributed by atoms with E-state index in [0.29, 0.717) is 0 Å². The van der Waals surface area contributed by atoms with Crippen LogP contribution in [0.4, 0.5) is 18.3 Å². The first kappa shape index (κ1) is 18.6. The van der Waals surface area contributed by atoms with Crippen molar-refractivity contribution in [3.05, 3.63) is 47.0 Å². The predicted molar refractivity (Wildman–Crippen MR) is 89.2 cm³/mol. The normalized spacial score (nSPS) is 10.8. The largest absolute Gasteiger partial charge is 0.451 e. The molecule has 0 radical (unpaired) electrons. The third-order valence-corrected chi connectivity index (χ3v) is 4.33. The minimum atomic E-state index is -1.66. The molecule has 0 saturated carbocycles. The SMILES string of the molecule is CC(=O)c1c[nH]c(C(=O)OCC(=O)Nc2nc3c(F)c(F)c(F)cc3s2)c1. The zero-order valence-electron chi connectivity index (χ0n) is 13.6. The second-order valence-corrected chi connectivity index (χ2v) is 6.37. The molecule has 0 unspecified atom stereocenters. The lowest BCUT2D eigenvalue weighted by molar-refractivity contribution is -0.119. The highest BCUT2D eigenvalue weighted by Gasteiger charge is 2.19. The van der Waals surface area contributed by atoms with Gasteiger partial charge in [-0.25, -0.2) is 22.9 Å². The third kappa shape index (κ3) is 3.82. The van der Waals surface area contributed by atoms with Crippen LogP contribution in [-0.4, -0.2) is 34.2 Å². The Bertz CT molecular complexity index is 1080. The summed E-state index contributed by atoms with van der Waals surface area (Å²) in [6, 6.07) is 2.04. The number of anilines is 1. The van der Waals surface area contributed by atoms with Gasteiger partial charge in [0, 0.05) is 11.8 Å². The minimum absolute atomic E-state index is 0.00171. The second kappa shape index (κ2) is 7.19. The quantitative estimate of drug-likeness (QED) is 0.392. The molecule has 0 fully saturated rings. The molecule has 0 bridgehead atoms. The van der Waals surface area contributed by atoms with E-state index in [-0.39, 0.29) is 26.9 Å². The monoisotopic (exact) mass is 397 g/mol. The number of ketones is 1. The number of fused-ring (bicyclic) bond motifs is 1. The van der Waals surface area contributed by atoms with Crippen LogP contribution >= 0.6 is 11.3 Å². The molecule has 11 heteroatoms. The summed E-state index contributed by atoms with van der Waals surface area (Å²) in [7, 11) is 0. The molecule has 0 aliphatic carbocycles. The average Bonchev–Trinajstić information content (AvgIpc) is 3.25. The summed E-state index contributed by atoms with van der Waals surface area (Å²) in [5.74, 6) is -6.39. The number of hydrogen-bond donors (Lipinski definition) is 2. The van der Waals surface area contributed by atoms with Crippen LogP contribution in [-0.2, 0) is 9.53 Å².